The van der Waals surface area contributed by atoms with Crippen LogP contribution < -0.4 is 10.6 Å². The van der Waals surface area contributed by atoms with Gasteiger partial charge in [0.1, 0.15) is 0 Å². The van der Waals surface area contributed by atoms with Crippen LogP contribution in [0.4, 0.5) is 10.5 Å². The van der Waals surface area contributed by atoms with E-state index in [4.69, 9.17) is 21.4 Å². The summed E-state index contributed by atoms with van der Waals surface area (Å²) in [5, 5.41) is 14.3. The summed E-state index contributed by atoms with van der Waals surface area (Å²) in [6.07, 6.45) is 3.16. The van der Waals surface area contributed by atoms with Crippen LogP contribution in [-0.4, -0.2) is 36.4 Å². The van der Waals surface area contributed by atoms with E-state index in [0.29, 0.717) is 12.2 Å². The number of nitrogens with one attached hydrogen (secondary N) is 2. The summed E-state index contributed by atoms with van der Waals surface area (Å²) in [7, 11) is 0. The van der Waals surface area contributed by atoms with Gasteiger partial charge in [0.05, 0.1) is 22.4 Å². The van der Waals surface area contributed by atoms with Gasteiger partial charge in [0.15, 0.2) is 0 Å². The minimum Gasteiger partial charge on any atom is -0.478 e. The molecule has 1 heterocycles. The first kappa shape index (κ1) is 15.6. The molecule has 6 nitrogen and oxygen atoms in total. The second kappa shape index (κ2) is 7.28. The van der Waals surface area contributed by atoms with Gasteiger partial charge < -0.3 is 20.5 Å². The summed E-state index contributed by atoms with van der Waals surface area (Å²) in [5.41, 5.74) is 0.435. The highest BCUT2D eigenvalue weighted by Crippen LogP contribution is 2.23. The lowest BCUT2D eigenvalue weighted by Crippen LogP contribution is -2.37. The second-order valence-electron chi connectivity index (χ2n) is 4.82. The van der Waals surface area contributed by atoms with Crippen molar-refractivity contribution < 1.29 is 19.4 Å². The summed E-state index contributed by atoms with van der Waals surface area (Å²) in [4.78, 5) is 22.6. The highest BCUT2D eigenvalue weighted by molar-refractivity contribution is 6.34. The van der Waals surface area contributed by atoms with Crippen molar-refractivity contribution in [2.24, 2.45) is 0 Å². The number of amides is 2. The zero-order chi connectivity index (χ0) is 15.2. The molecular weight excluding hydrogens is 296 g/mol. The molecule has 21 heavy (non-hydrogen) atoms. The number of anilines is 1. The van der Waals surface area contributed by atoms with Crippen molar-refractivity contribution in [2.45, 2.75) is 25.4 Å². The molecule has 1 fully saturated rings. The van der Waals surface area contributed by atoms with Crippen molar-refractivity contribution in [1.82, 2.24) is 5.32 Å². The number of carbonyl (C=O) groups is 2. The van der Waals surface area contributed by atoms with Crippen molar-refractivity contribution in [3.8, 4) is 0 Å². The average Bonchev–Trinajstić information content (AvgIpc) is 2.48. The maximum atomic E-state index is 11.8. The van der Waals surface area contributed by atoms with E-state index in [0.717, 1.165) is 25.9 Å². The zero-order valence-corrected chi connectivity index (χ0v) is 12.2. The molecule has 0 bridgehead atoms. The summed E-state index contributed by atoms with van der Waals surface area (Å²) in [5.74, 6) is -1.07. The van der Waals surface area contributed by atoms with Crippen molar-refractivity contribution in [3.63, 3.8) is 0 Å². The monoisotopic (exact) mass is 312 g/mol. The largest absolute Gasteiger partial charge is 0.478 e. The second-order valence-corrected chi connectivity index (χ2v) is 5.23. The van der Waals surface area contributed by atoms with Gasteiger partial charge in [-0.3, -0.25) is 0 Å². The van der Waals surface area contributed by atoms with Crippen molar-refractivity contribution >= 4 is 29.3 Å². The number of urea groups is 1. The van der Waals surface area contributed by atoms with Crippen LogP contribution in [0.2, 0.25) is 5.02 Å². The van der Waals surface area contributed by atoms with Crippen molar-refractivity contribution in [2.75, 3.05) is 18.5 Å². The highest BCUT2D eigenvalue weighted by Gasteiger charge is 2.15. The Labute approximate surface area is 127 Å². The molecule has 1 aliphatic rings. The fourth-order valence-corrected chi connectivity index (χ4v) is 2.32. The van der Waals surface area contributed by atoms with Gasteiger partial charge in [0.25, 0.3) is 0 Å². The predicted octanol–water partition coefficient (Wildman–Crippen LogP) is 2.73. The lowest BCUT2D eigenvalue weighted by molar-refractivity contribution is 0.0187. The topological polar surface area (TPSA) is 87.7 Å². The SMILES string of the molecule is O=C(NCC1CCCCO1)Nc1ccc(C(=O)O)cc1Cl. The van der Waals surface area contributed by atoms with Gasteiger partial charge in [0.2, 0.25) is 0 Å². The third-order valence-corrected chi connectivity index (χ3v) is 3.54. The quantitative estimate of drug-likeness (QED) is 0.797. The molecular formula is C14H17ClN2O4. The molecule has 2 rings (SSSR count). The van der Waals surface area contributed by atoms with Crippen LogP contribution in [0, 0.1) is 0 Å². The number of hydrogen-bond acceptors (Lipinski definition) is 3. The molecule has 2 amide bonds. The molecule has 3 N–H and O–H groups in total. The summed E-state index contributed by atoms with van der Waals surface area (Å²) >= 11 is 5.94. The first-order chi connectivity index (χ1) is 10.1. The van der Waals surface area contributed by atoms with Crippen LogP contribution in [0.5, 0.6) is 0 Å². The van der Waals surface area contributed by atoms with E-state index in [1.807, 2.05) is 0 Å². The Hall–Kier alpha value is -1.79. The number of carboxylic acids is 1. The normalized spacial score (nSPS) is 18.0. The Morgan fingerprint density at radius 1 is 1.38 bits per heavy atom. The van der Waals surface area contributed by atoms with Gasteiger partial charge in [0, 0.05) is 13.2 Å². The first-order valence-corrected chi connectivity index (χ1v) is 7.13. The number of rotatable bonds is 4. The molecule has 1 atom stereocenters. The van der Waals surface area contributed by atoms with E-state index in [1.54, 1.807) is 0 Å². The Morgan fingerprint density at radius 2 is 2.19 bits per heavy atom. The highest BCUT2D eigenvalue weighted by atomic mass is 35.5. The Kier molecular flexibility index (Phi) is 5.41. The van der Waals surface area contributed by atoms with Crippen LogP contribution in [-0.2, 0) is 4.74 Å². The standard InChI is InChI=1S/C14H17ClN2O4/c15-11-7-9(13(18)19)4-5-12(11)17-14(20)16-8-10-3-1-2-6-21-10/h4-5,7,10H,1-3,6,8H2,(H,18,19)(H2,16,17,20). The van der Waals surface area contributed by atoms with Gasteiger partial charge in [-0.05, 0) is 37.5 Å². The molecule has 0 aromatic heterocycles. The van der Waals surface area contributed by atoms with Crippen LogP contribution in [0.25, 0.3) is 0 Å². The molecule has 1 saturated heterocycles. The minimum atomic E-state index is -1.07. The Balaban J connectivity index is 1.85. The average molecular weight is 313 g/mol. The van der Waals surface area contributed by atoms with Gasteiger partial charge in [-0.25, -0.2) is 9.59 Å². The van der Waals surface area contributed by atoms with Gasteiger partial charge in [-0.2, -0.15) is 0 Å². The zero-order valence-electron chi connectivity index (χ0n) is 11.4. The fraction of sp³-hybridized carbons (Fsp3) is 0.429. The summed E-state index contributed by atoms with van der Waals surface area (Å²) in [6.45, 7) is 1.17. The Bertz CT molecular complexity index is 530. The number of aromatic carboxylic acids is 1. The number of benzene rings is 1. The molecule has 7 heteroatoms. The van der Waals surface area contributed by atoms with Crippen LogP contribution >= 0.6 is 11.6 Å². The fourth-order valence-electron chi connectivity index (χ4n) is 2.09. The lowest BCUT2D eigenvalue weighted by atomic mass is 10.1. The van der Waals surface area contributed by atoms with Crippen molar-refractivity contribution in [3.05, 3.63) is 28.8 Å². The first-order valence-electron chi connectivity index (χ1n) is 6.75. The molecule has 1 aromatic rings. The molecule has 1 aromatic carbocycles. The van der Waals surface area contributed by atoms with E-state index < -0.39 is 12.0 Å². The third-order valence-electron chi connectivity index (χ3n) is 3.23. The molecule has 114 valence electrons. The molecule has 0 aliphatic carbocycles. The van der Waals surface area contributed by atoms with Gasteiger partial charge in [-0.15, -0.1) is 0 Å². The molecule has 0 radical (unpaired) electrons. The van der Waals surface area contributed by atoms with E-state index in [9.17, 15) is 9.59 Å². The van der Waals surface area contributed by atoms with Crippen LogP contribution in [0.3, 0.4) is 0 Å². The van der Waals surface area contributed by atoms with Gasteiger partial charge >= 0.3 is 12.0 Å². The summed E-state index contributed by atoms with van der Waals surface area (Å²) in [6, 6.07) is 3.74. The maximum Gasteiger partial charge on any atom is 0.335 e. The Morgan fingerprint density at radius 3 is 2.81 bits per heavy atom. The number of halogens is 1. The number of carbonyl (C=O) groups excluding carboxylic acids is 1. The van der Waals surface area contributed by atoms with Crippen LogP contribution in [0.1, 0.15) is 29.6 Å². The van der Waals surface area contributed by atoms with E-state index in [2.05, 4.69) is 10.6 Å². The molecule has 0 spiro atoms. The van der Waals surface area contributed by atoms with E-state index >= 15 is 0 Å². The molecule has 1 unspecified atom stereocenters. The predicted molar refractivity (Wildman–Crippen MR) is 79.0 cm³/mol. The van der Waals surface area contributed by atoms with Crippen molar-refractivity contribution in [1.29, 1.82) is 0 Å². The molecule has 0 saturated carbocycles. The smallest absolute Gasteiger partial charge is 0.335 e. The van der Waals surface area contributed by atoms with Gasteiger partial charge in [-0.1, -0.05) is 11.6 Å². The maximum absolute atomic E-state index is 11.8. The number of ether oxygens (including phenoxy) is 1. The van der Waals surface area contributed by atoms with Crippen LogP contribution in [0.15, 0.2) is 18.2 Å². The van der Waals surface area contributed by atoms with E-state index in [1.165, 1.54) is 18.2 Å². The molecule has 1 aliphatic heterocycles. The minimum absolute atomic E-state index is 0.0503. The lowest BCUT2D eigenvalue weighted by Gasteiger charge is -2.22. The summed E-state index contributed by atoms with van der Waals surface area (Å²) < 4.78 is 5.51. The number of carboxylic acid groups (broad SMARTS) is 1. The number of hydrogen-bond donors (Lipinski definition) is 3. The van der Waals surface area contributed by atoms with E-state index in [-0.39, 0.29) is 16.7 Å². The third kappa shape index (κ3) is 4.61.